The summed E-state index contributed by atoms with van der Waals surface area (Å²) < 4.78 is 11.2. The molecule has 2 aromatic rings. The number of benzene rings is 2. The first-order valence-corrected chi connectivity index (χ1v) is 12.7. The number of ether oxygens (including phenoxy) is 2. The molecule has 2 saturated carbocycles. The van der Waals surface area contributed by atoms with Gasteiger partial charge in [-0.2, -0.15) is 0 Å². The van der Waals surface area contributed by atoms with Gasteiger partial charge in [-0.15, -0.1) is 0 Å². The number of rotatable bonds is 7. The summed E-state index contributed by atoms with van der Waals surface area (Å²) in [6.07, 6.45) is 3.88. The third-order valence-electron chi connectivity index (χ3n) is 8.90. The van der Waals surface area contributed by atoms with Gasteiger partial charge in [-0.05, 0) is 80.0 Å². The molecule has 7 heteroatoms. The van der Waals surface area contributed by atoms with Crippen LogP contribution >= 0.6 is 11.6 Å². The molecule has 2 aliphatic carbocycles. The number of hydrogen-bond donors (Lipinski definition) is 1. The highest BCUT2D eigenvalue weighted by Gasteiger charge is 2.72. The van der Waals surface area contributed by atoms with Gasteiger partial charge in [-0.25, -0.2) is 0 Å². The van der Waals surface area contributed by atoms with Crippen LogP contribution in [0.1, 0.15) is 47.9 Å². The lowest BCUT2D eigenvalue weighted by Gasteiger charge is -2.68. The molecule has 4 unspecified atom stereocenters. The summed E-state index contributed by atoms with van der Waals surface area (Å²) in [5.41, 5.74) is 3.79. The molecule has 3 aliphatic rings. The van der Waals surface area contributed by atoms with Crippen molar-refractivity contribution in [1.29, 1.82) is 0 Å². The molecule has 4 atom stereocenters. The molecule has 0 bridgehead atoms. The molecule has 1 heterocycles. The van der Waals surface area contributed by atoms with Gasteiger partial charge in [0.2, 0.25) is 0 Å². The van der Waals surface area contributed by atoms with Crippen LogP contribution in [0.5, 0.6) is 11.5 Å². The number of amides is 1. The number of nitrogens with zero attached hydrogens (tertiary/aromatic N) is 2. The highest BCUT2D eigenvalue weighted by Crippen LogP contribution is 2.69. The van der Waals surface area contributed by atoms with E-state index in [1.807, 2.05) is 24.3 Å². The number of carbonyl (C=O) groups excluding carboxylic acids is 1. The third kappa shape index (κ3) is 3.81. The van der Waals surface area contributed by atoms with Crippen molar-refractivity contribution in [3.05, 3.63) is 57.6 Å². The normalized spacial score (nSPS) is 29.0. The maximum atomic E-state index is 11.9. The quantitative estimate of drug-likeness (QED) is 0.611. The molecule has 35 heavy (non-hydrogen) atoms. The molecule has 1 amide bonds. The van der Waals surface area contributed by atoms with Crippen molar-refractivity contribution < 1.29 is 19.4 Å². The van der Waals surface area contributed by atoms with E-state index in [4.69, 9.17) is 21.1 Å². The van der Waals surface area contributed by atoms with E-state index in [0.717, 1.165) is 36.3 Å². The number of aliphatic hydroxyl groups is 1. The van der Waals surface area contributed by atoms with Crippen LogP contribution in [0.25, 0.3) is 0 Å². The average Bonchev–Trinajstić information content (AvgIpc) is 3.14. The van der Waals surface area contributed by atoms with Crippen molar-refractivity contribution in [2.75, 3.05) is 27.8 Å². The van der Waals surface area contributed by atoms with Crippen molar-refractivity contribution in [2.24, 2.45) is 5.41 Å². The van der Waals surface area contributed by atoms with Crippen LogP contribution in [0.4, 0.5) is 0 Å². The summed E-state index contributed by atoms with van der Waals surface area (Å²) in [6, 6.07) is 10.7. The predicted molar refractivity (Wildman–Crippen MR) is 136 cm³/mol. The Hall–Kier alpha value is -2.28. The molecular weight excluding hydrogens is 464 g/mol. The van der Waals surface area contributed by atoms with Crippen molar-refractivity contribution in [3.8, 4) is 11.5 Å². The van der Waals surface area contributed by atoms with E-state index in [1.165, 1.54) is 28.9 Å². The Balaban J connectivity index is 1.33. The van der Waals surface area contributed by atoms with Gasteiger partial charge >= 0.3 is 0 Å². The van der Waals surface area contributed by atoms with E-state index in [-0.39, 0.29) is 17.9 Å². The van der Waals surface area contributed by atoms with E-state index < -0.39 is 5.60 Å². The van der Waals surface area contributed by atoms with Gasteiger partial charge in [0.15, 0.2) is 6.61 Å². The van der Waals surface area contributed by atoms with Crippen LogP contribution in [0.15, 0.2) is 30.3 Å². The van der Waals surface area contributed by atoms with E-state index >= 15 is 0 Å². The van der Waals surface area contributed by atoms with E-state index in [1.54, 1.807) is 21.2 Å². The van der Waals surface area contributed by atoms with Gasteiger partial charge in [-0.1, -0.05) is 23.7 Å². The molecule has 188 valence electrons. The van der Waals surface area contributed by atoms with Crippen LogP contribution in [0, 0.1) is 19.3 Å². The van der Waals surface area contributed by atoms with Gasteiger partial charge in [0.05, 0.1) is 17.7 Å². The highest BCUT2D eigenvalue weighted by atomic mass is 35.5. The molecule has 3 fully saturated rings. The molecule has 1 N–H and O–H groups in total. The Bertz CT molecular complexity index is 1170. The first kappa shape index (κ1) is 24.4. The maximum Gasteiger partial charge on any atom is 0.259 e. The van der Waals surface area contributed by atoms with Crippen LogP contribution < -0.4 is 9.47 Å². The van der Waals surface area contributed by atoms with Crippen molar-refractivity contribution in [1.82, 2.24) is 9.80 Å². The summed E-state index contributed by atoms with van der Waals surface area (Å²) in [7, 11) is 5.07. The minimum atomic E-state index is -0.864. The topological polar surface area (TPSA) is 62.2 Å². The minimum Gasteiger partial charge on any atom is -0.495 e. The summed E-state index contributed by atoms with van der Waals surface area (Å²) in [5, 5.41) is 12.3. The molecule has 1 aliphatic heterocycles. The predicted octanol–water partition coefficient (Wildman–Crippen LogP) is 4.45. The van der Waals surface area contributed by atoms with Gasteiger partial charge in [0.1, 0.15) is 11.5 Å². The lowest BCUT2D eigenvalue weighted by atomic mass is 9.53. The third-order valence-corrected chi connectivity index (χ3v) is 9.22. The zero-order valence-electron chi connectivity index (χ0n) is 21.2. The Labute approximate surface area is 212 Å². The van der Waals surface area contributed by atoms with Crippen molar-refractivity contribution >= 4 is 17.5 Å². The maximum absolute atomic E-state index is 11.9. The number of likely N-dealkylation sites (tertiary alicyclic amines) is 1. The number of likely N-dealkylation sites (N-methyl/N-ethyl adjacent to an activating group) is 1. The van der Waals surface area contributed by atoms with Gasteiger partial charge in [0.25, 0.3) is 5.91 Å². The second kappa shape index (κ2) is 8.68. The highest BCUT2D eigenvalue weighted by molar-refractivity contribution is 6.32. The number of piperidine rings is 1. The van der Waals surface area contributed by atoms with Crippen LogP contribution in [-0.2, 0) is 16.9 Å². The Kier molecular flexibility index (Phi) is 6.06. The van der Waals surface area contributed by atoms with Crippen LogP contribution in [-0.4, -0.2) is 60.7 Å². The summed E-state index contributed by atoms with van der Waals surface area (Å²) >= 11 is 6.24. The van der Waals surface area contributed by atoms with E-state index in [0.29, 0.717) is 22.9 Å². The Morgan fingerprint density at radius 2 is 1.94 bits per heavy atom. The molecule has 2 aromatic carbocycles. The first-order chi connectivity index (χ1) is 16.6. The SMILES string of the molecule is COc1cc(C2(O)CC3N(Cc4ccc(OCC(=O)N(C)C)c(C)c4C)C4CCC43C2)ccc1Cl. The zero-order chi connectivity index (χ0) is 25.1. The second-order valence-electron chi connectivity index (χ2n) is 10.8. The summed E-state index contributed by atoms with van der Waals surface area (Å²) in [4.78, 5) is 16.0. The fraction of sp³-hybridized carbons (Fsp3) is 0.536. The van der Waals surface area contributed by atoms with Crippen molar-refractivity contribution in [2.45, 2.75) is 63.8 Å². The Morgan fingerprint density at radius 3 is 2.60 bits per heavy atom. The number of hydrogen-bond acceptors (Lipinski definition) is 5. The van der Waals surface area contributed by atoms with Gasteiger partial charge in [0, 0.05) is 38.1 Å². The number of carbonyl (C=O) groups is 1. The smallest absolute Gasteiger partial charge is 0.259 e. The molecule has 5 rings (SSSR count). The molecule has 0 radical (unpaired) electrons. The van der Waals surface area contributed by atoms with Gasteiger partial charge < -0.3 is 19.5 Å². The first-order valence-electron chi connectivity index (χ1n) is 12.3. The van der Waals surface area contributed by atoms with Crippen molar-refractivity contribution in [3.63, 3.8) is 0 Å². The molecule has 6 nitrogen and oxygen atoms in total. The monoisotopic (exact) mass is 498 g/mol. The molecule has 0 aromatic heterocycles. The number of halogens is 1. The fourth-order valence-corrected chi connectivity index (χ4v) is 6.80. The van der Waals surface area contributed by atoms with E-state index in [9.17, 15) is 9.90 Å². The molecule has 1 saturated heterocycles. The minimum absolute atomic E-state index is 0.0412. The number of methoxy groups -OCH3 is 1. The van der Waals surface area contributed by atoms with Crippen LogP contribution in [0.2, 0.25) is 5.02 Å². The van der Waals surface area contributed by atoms with Crippen LogP contribution in [0.3, 0.4) is 0 Å². The average molecular weight is 499 g/mol. The molecule has 1 spiro atoms. The summed E-state index contributed by atoms with van der Waals surface area (Å²) in [5.74, 6) is 1.31. The lowest BCUT2D eigenvalue weighted by Crippen LogP contribution is -2.74. The zero-order valence-corrected chi connectivity index (χ0v) is 22.0. The van der Waals surface area contributed by atoms with E-state index in [2.05, 4.69) is 24.8 Å². The second-order valence-corrected chi connectivity index (χ2v) is 11.2. The van der Waals surface area contributed by atoms with Gasteiger partial charge in [-0.3, -0.25) is 9.69 Å². The largest absolute Gasteiger partial charge is 0.495 e. The Morgan fingerprint density at radius 1 is 1.17 bits per heavy atom. The molecular formula is C28H35ClN2O4. The standard InChI is InChI=1S/C28H35ClN2O4/c1-17-18(2)22(35-15-26(32)30(3)4)9-6-19(17)14-31-24-10-11-27(24)16-28(33,13-25(27)31)20-7-8-21(29)23(12-20)34-5/h6-9,12,24-25,33H,10-11,13-16H2,1-5H3. The fourth-order valence-electron chi connectivity index (χ4n) is 6.61. The summed E-state index contributed by atoms with van der Waals surface area (Å²) in [6.45, 7) is 5.09. The lowest BCUT2D eigenvalue weighted by molar-refractivity contribution is -0.194.